The van der Waals surface area contributed by atoms with Crippen molar-refractivity contribution in [3.8, 4) is 0 Å². The highest BCUT2D eigenvalue weighted by molar-refractivity contribution is 5.81. The Hall–Kier alpha value is -0.650. The maximum absolute atomic E-state index is 11.5. The Morgan fingerprint density at radius 2 is 2.13 bits per heavy atom. The van der Waals surface area contributed by atoms with Crippen LogP contribution in [0, 0.1) is 0 Å². The largest absolute Gasteiger partial charge is 0.392 e. The van der Waals surface area contributed by atoms with Crippen molar-refractivity contribution in [2.45, 2.75) is 50.4 Å². The van der Waals surface area contributed by atoms with Crippen molar-refractivity contribution in [2.75, 3.05) is 6.54 Å². The van der Waals surface area contributed by atoms with E-state index in [1.807, 2.05) is 0 Å². The summed E-state index contributed by atoms with van der Waals surface area (Å²) in [7, 11) is 0. The molecule has 0 radical (unpaired) electrons. The van der Waals surface area contributed by atoms with Gasteiger partial charge in [0.1, 0.15) is 0 Å². The number of aliphatic hydroxyl groups excluding tert-OH is 1. The first kappa shape index (κ1) is 10.9. The smallest absolute Gasteiger partial charge is 0.260 e. The van der Waals surface area contributed by atoms with E-state index < -0.39 is 6.10 Å². The molecule has 2 fully saturated rings. The monoisotopic (exact) mass is 214 g/mol. The first-order chi connectivity index (χ1) is 7.25. The van der Waals surface area contributed by atoms with Gasteiger partial charge in [0, 0.05) is 6.54 Å². The lowest BCUT2D eigenvalue weighted by atomic mass is 10.2. The van der Waals surface area contributed by atoms with Gasteiger partial charge < -0.3 is 10.4 Å². The highest BCUT2D eigenvalue weighted by Gasteiger charge is 2.28. The lowest BCUT2D eigenvalue weighted by molar-refractivity contribution is -0.140. The third kappa shape index (κ3) is 2.90. The van der Waals surface area contributed by atoms with Gasteiger partial charge in [-0.15, -0.1) is 0 Å². The summed E-state index contributed by atoms with van der Waals surface area (Å²) in [5.74, 6) is -0.168. The van der Waals surface area contributed by atoms with Crippen molar-refractivity contribution >= 4 is 5.91 Å². The fourth-order valence-electron chi connectivity index (χ4n) is 2.14. The van der Waals surface area contributed by atoms with Crippen LogP contribution in [0.3, 0.4) is 0 Å². The lowest BCUT2D eigenvalue weighted by Gasteiger charge is -2.14. The molecular formula is C10H18N2O3. The van der Waals surface area contributed by atoms with Crippen LogP contribution in [0.15, 0.2) is 0 Å². The summed E-state index contributed by atoms with van der Waals surface area (Å²) in [6.07, 6.45) is 4.66. The van der Waals surface area contributed by atoms with Crippen molar-refractivity contribution in [1.82, 2.24) is 10.8 Å². The number of hydroxylamine groups is 1. The highest BCUT2D eigenvalue weighted by Crippen LogP contribution is 2.20. The van der Waals surface area contributed by atoms with Crippen LogP contribution in [-0.2, 0) is 9.63 Å². The summed E-state index contributed by atoms with van der Waals surface area (Å²) in [6.45, 7) is 0.488. The Labute approximate surface area is 89.1 Å². The number of hydrogen-bond donors (Lipinski definition) is 3. The molecule has 0 spiro atoms. The summed E-state index contributed by atoms with van der Waals surface area (Å²) in [5, 5.41) is 12.2. The summed E-state index contributed by atoms with van der Waals surface area (Å²) >= 11 is 0. The maximum atomic E-state index is 11.5. The van der Waals surface area contributed by atoms with Crippen molar-refractivity contribution in [1.29, 1.82) is 0 Å². The second kappa shape index (κ2) is 4.92. The second-order valence-corrected chi connectivity index (χ2v) is 4.34. The molecule has 1 heterocycles. The van der Waals surface area contributed by atoms with E-state index in [1.165, 1.54) is 12.8 Å². The minimum absolute atomic E-state index is 0.168. The molecule has 2 aliphatic rings. The Morgan fingerprint density at radius 3 is 2.73 bits per heavy atom. The summed E-state index contributed by atoms with van der Waals surface area (Å²) in [6, 6.07) is -0.304. The summed E-state index contributed by atoms with van der Waals surface area (Å²) < 4.78 is 0. The van der Waals surface area contributed by atoms with E-state index in [-0.39, 0.29) is 18.1 Å². The third-order valence-electron chi connectivity index (χ3n) is 3.05. The van der Waals surface area contributed by atoms with Crippen molar-refractivity contribution in [3.63, 3.8) is 0 Å². The predicted octanol–water partition coefficient (Wildman–Crippen LogP) is -0.300. The zero-order valence-electron chi connectivity index (χ0n) is 8.74. The van der Waals surface area contributed by atoms with E-state index >= 15 is 0 Å². The molecule has 2 unspecified atom stereocenters. The van der Waals surface area contributed by atoms with Gasteiger partial charge in [0.2, 0.25) is 0 Å². The van der Waals surface area contributed by atoms with Gasteiger partial charge in [-0.3, -0.25) is 9.63 Å². The van der Waals surface area contributed by atoms with Crippen molar-refractivity contribution in [3.05, 3.63) is 0 Å². The van der Waals surface area contributed by atoms with E-state index in [1.54, 1.807) is 0 Å². The minimum atomic E-state index is -0.410. The van der Waals surface area contributed by atoms with Crippen molar-refractivity contribution in [2.24, 2.45) is 0 Å². The number of nitrogens with one attached hydrogen (secondary N) is 2. The fourth-order valence-corrected chi connectivity index (χ4v) is 2.14. The number of rotatable bonds is 3. The van der Waals surface area contributed by atoms with Crippen LogP contribution in [0.2, 0.25) is 0 Å². The average molecular weight is 214 g/mol. The van der Waals surface area contributed by atoms with Crippen molar-refractivity contribution < 1.29 is 14.7 Å². The molecule has 3 N–H and O–H groups in total. The normalized spacial score (nSPS) is 32.1. The summed E-state index contributed by atoms with van der Waals surface area (Å²) in [5.41, 5.74) is 2.47. The number of β-amino-alcohol motifs (C(OH)–C–C–N with tert-alkyl or cyclic N) is 1. The zero-order chi connectivity index (χ0) is 10.7. The van der Waals surface area contributed by atoms with Gasteiger partial charge in [0.25, 0.3) is 5.91 Å². The Kier molecular flexibility index (Phi) is 3.56. The Balaban J connectivity index is 1.67. The molecule has 5 nitrogen and oxygen atoms in total. The first-order valence-electron chi connectivity index (χ1n) is 5.62. The number of aliphatic hydroxyl groups is 1. The predicted molar refractivity (Wildman–Crippen MR) is 53.9 cm³/mol. The topological polar surface area (TPSA) is 70.6 Å². The molecule has 1 amide bonds. The molecular weight excluding hydrogens is 196 g/mol. The SMILES string of the molecule is O=C(NOC1CCCC1)C1CC(O)CN1. The molecule has 0 bridgehead atoms. The highest BCUT2D eigenvalue weighted by atomic mass is 16.7. The molecule has 1 saturated carbocycles. The van der Waals surface area contributed by atoms with Gasteiger partial charge >= 0.3 is 0 Å². The van der Waals surface area contributed by atoms with Gasteiger partial charge in [-0.1, -0.05) is 12.8 Å². The molecule has 1 saturated heterocycles. The van der Waals surface area contributed by atoms with E-state index in [9.17, 15) is 9.90 Å². The third-order valence-corrected chi connectivity index (χ3v) is 3.05. The van der Waals surface area contributed by atoms with Crippen LogP contribution in [0.1, 0.15) is 32.1 Å². The molecule has 0 aromatic rings. The zero-order valence-corrected chi connectivity index (χ0v) is 8.74. The van der Waals surface area contributed by atoms with E-state index in [2.05, 4.69) is 10.8 Å². The molecule has 0 aromatic carbocycles. The van der Waals surface area contributed by atoms with Crippen LogP contribution in [0.5, 0.6) is 0 Å². The van der Waals surface area contributed by atoms with Crippen LogP contribution < -0.4 is 10.8 Å². The van der Waals surface area contributed by atoms with Crippen LogP contribution >= 0.6 is 0 Å². The molecule has 86 valence electrons. The number of amides is 1. The number of carbonyl (C=O) groups is 1. The lowest BCUT2D eigenvalue weighted by Crippen LogP contribution is -2.41. The van der Waals surface area contributed by atoms with Crippen LogP contribution in [0.25, 0.3) is 0 Å². The van der Waals surface area contributed by atoms with E-state index in [4.69, 9.17) is 4.84 Å². The molecule has 5 heteroatoms. The number of carbonyl (C=O) groups excluding carboxylic acids is 1. The standard InChI is InChI=1S/C10H18N2O3/c13-7-5-9(11-6-7)10(14)12-15-8-3-1-2-4-8/h7-9,11,13H,1-6H2,(H,12,14). The summed E-state index contributed by atoms with van der Waals surface area (Å²) in [4.78, 5) is 16.8. The number of hydrogen-bond acceptors (Lipinski definition) is 4. The molecule has 1 aliphatic heterocycles. The average Bonchev–Trinajstić information content (AvgIpc) is 2.84. The van der Waals surface area contributed by atoms with E-state index in [0.29, 0.717) is 13.0 Å². The Bertz CT molecular complexity index is 229. The molecule has 0 aromatic heterocycles. The van der Waals surface area contributed by atoms with Gasteiger partial charge in [0.05, 0.1) is 18.2 Å². The van der Waals surface area contributed by atoms with Gasteiger partial charge in [-0.2, -0.15) is 0 Å². The molecule has 2 rings (SSSR count). The molecule has 15 heavy (non-hydrogen) atoms. The van der Waals surface area contributed by atoms with Crippen LogP contribution in [-0.4, -0.2) is 35.8 Å². The minimum Gasteiger partial charge on any atom is -0.392 e. The van der Waals surface area contributed by atoms with Gasteiger partial charge in [-0.25, -0.2) is 5.48 Å². The second-order valence-electron chi connectivity index (χ2n) is 4.34. The quantitative estimate of drug-likeness (QED) is 0.564. The van der Waals surface area contributed by atoms with E-state index in [0.717, 1.165) is 12.8 Å². The fraction of sp³-hybridized carbons (Fsp3) is 0.900. The maximum Gasteiger partial charge on any atom is 0.260 e. The van der Waals surface area contributed by atoms with Gasteiger partial charge in [-0.05, 0) is 19.3 Å². The Morgan fingerprint density at radius 1 is 1.40 bits per heavy atom. The molecule has 1 aliphatic carbocycles. The van der Waals surface area contributed by atoms with Gasteiger partial charge in [0.15, 0.2) is 0 Å². The first-order valence-corrected chi connectivity index (χ1v) is 5.62. The van der Waals surface area contributed by atoms with Crippen LogP contribution in [0.4, 0.5) is 0 Å². The molecule has 2 atom stereocenters.